The van der Waals surface area contributed by atoms with Gasteiger partial charge in [-0.25, -0.2) is 5.43 Å². The maximum atomic E-state index is 12.0. The summed E-state index contributed by atoms with van der Waals surface area (Å²) in [5.74, 6) is -0.667. The van der Waals surface area contributed by atoms with E-state index in [1.165, 1.54) is 24.4 Å². The first kappa shape index (κ1) is 17.7. The Labute approximate surface area is 146 Å². The smallest absolute Gasteiger partial charge is 0.275 e. The van der Waals surface area contributed by atoms with Crippen LogP contribution in [-0.4, -0.2) is 22.3 Å². The number of phenols is 2. The van der Waals surface area contributed by atoms with E-state index in [-0.39, 0.29) is 17.1 Å². The summed E-state index contributed by atoms with van der Waals surface area (Å²) in [6, 6.07) is 11.1. The maximum absolute atomic E-state index is 12.0. The van der Waals surface area contributed by atoms with E-state index >= 15 is 0 Å². The van der Waals surface area contributed by atoms with E-state index in [4.69, 9.17) is 0 Å². The van der Waals surface area contributed by atoms with Crippen LogP contribution in [0.1, 0.15) is 21.5 Å². The van der Waals surface area contributed by atoms with Crippen molar-refractivity contribution in [1.82, 2.24) is 5.43 Å². The Morgan fingerprint density at radius 1 is 1.08 bits per heavy atom. The molecule has 0 saturated carbocycles. The number of hydrogen-bond donors (Lipinski definition) is 3. The molecule has 2 aromatic rings. The lowest BCUT2D eigenvalue weighted by atomic mass is 10.0. The quantitative estimate of drug-likeness (QED) is 0.429. The van der Waals surface area contributed by atoms with Gasteiger partial charge in [-0.1, -0.05) is 49.6 Å². The zero-order valence-corrected chi connectivity index (χ0v) is 13.5. The highest BCUT2D eigenvalue weighted by Crippen LogP contribution is 2.22. The predicted molar refractivity (Wildman–Crippen MR) is 99.6 cm³/mol. The van der Waals surface area contributed by atoms with E-state index in [1.54, 1.807) is 42.5 Å². The van der Waals surface area contributed by atoms with E-state index in [0.29, 0.717) is 5.56 Å². The Hall–Kier alpha value is -3.60. The molecule has 0 unspecified atom stereocenters. The molecule has 25 heavy (non-hydrogen) atoms. The summed E-state index contributed by atoms with van der Waals surface area (Å²) in [5.41, 5.74) is 4.50. The lowest BCUT2D eigenvalue weighted by Crippen LogP contribution is -2.17. The molecule has 3 N–H and O–H groups in total. The van der Waals surface area contributed by atoms with E-state index < -0.39 is 5.91 Å². The molecule has 0 heterocycles. The van der Waals surface area contributed by atoms with Gasteiger partial charge in [0.05, 0.1) is 11.8 Å². The third kappa shape index (κ3) is 4.45. The lowest BCUT2D eigenvalue weighted by molar-refractivity contribution is 0.0952. The average molecular weight is 334 g/mol. The molecule has 2 rings (SSSR count). The van der Waals surface area contributed by atoms with Gasteiger partial charge in [0.1, 0.15) is 11.5 Å². The summed E-state index contributed by atoms with van der Waals surface area (Å²) in [7, 11) is 0. The van der Waals surface area contributed by atoms with Gasteiger partial charge in [-0.3, -0.25) is 4.79 Å². The van der Waals surface area contributed by atoms with Crippen LogP contribution >= 0.6 is 0 Å². The molecule has 0 saturated heterocycles. The molecule has 0 aliphatic rings. The standard InChI is InChI=1S/C20H18N2O3/c1-3-7-14(4-2)15-10-11-18(23)16(12-15)13-21-22-20(25)17-8-5-6-9-19(17)24/h3-13,23-24H,1-2H2,(H,22,25)/b14-7+,21-13+. The number of carbonyl (C=O) groups is 1. The van der Waals surface area contributed by atoms with Crippen molar-refractivity contribution in [3.63, 3.8) is 0 Å². The van der Waals surface area contributed by atoms with Gasteiger partial charge in [0.15, 0.2) is 0 Å². The fourth-order valence-corrected chi connectivity index (χ4v) is 2.13. The van der Waals surface area contributed by atoms with Crippen molar-refractivity contribution in [2.24, 2.45) is 5.10 Å². The fraction of sp³-hybridized carbons (Fsp3) is 0. The van der Waals surface area contributed by atoms with Crippen molar-refractivity contribution >= 4 is 17.7 Å². The summed E-state index contributed by atoms with van der Waals surface area (Å²) in [5, 5.41) is 23.4. The van der Waals surface area contributed by atoms with Crippen LogP contribution in [-0.2, 0) is 0 Å². The second-order valence-corrected chi connectivity index (χ2v) is 5.05. The topological polar surface area (TPSA) is 81.9 Å². The summed E-state index contributed by atoms with van der Waals surface area (Å²) in [6.45, 7) is 7.39. The number of hydrogen-bond acceptors (Lipinski definition) is 4. The van der Waals surface area contributed by atoms with Gasteiger partial charge in [0.2, 0.25) is 0 Å². The molecule has 2 aromatic carbocycles. The second-order valence-electron chi connectivity index (χ2n) is 5.05. The number of benzene rings is 2. The van der Waals surface area contributed by atoms with Crippen LogP contribution in [0.15, 0.2) is 79.0 Å². The highest BCUT2D eigenvalue weighted by molar-refractivity contribution is 5.97. The van der Waals surface area contributed by atoms with Crippen LogP contribution in [0.25, 0.3) is 5.57 Å². The number of nitrogens with one attached hydrogen (secondary N) is 1. The first-order valence-electron chi connectivity index (χ1n) is 7.46. The number of amides is 1. The normalized spacial score (nSPS) is 11.3. The Morgan fingerprint density at radius 2 is 1.84 bits per heavy atom. The van der Waals surface area contributed by atoms with Crippen LogP contribution in [0.3, 0.4) is 0 Å². The van der Waals surface area contributed by atoms with Gasteiger partial charge in [-0.2, -0.15) is 5.10 Å². The Balaban J connectivity index is 2.19. The second kappa shape index (κ2) is 8.31. The fourth-order valence-electron chi connectivity index (χ4n) is 2.13. The van der Waals surface area contributed by atoms with Gasteiger partial charge in [-0.15, -0.1) is 0 Å². The van der Waals surface area contributed by atoms with E-state index in [0.717, 1.165) is 11.1 Å². The Morgan fingerprint density at radius 3 is 2.52 bits per heavy atom. The van der Waals surface area contributed by atoms with Crippen molar-refractivity contribution in [2.75, 3.05) is 0 Å². The number of phenolic OH excluding ortho intramolecular Hbond substituents is 2. The number of hydrazone groups is 1. The minimum Gasteiger partial charge on any atom is -0.507 e. The van der Waals surface area contributed by atoms with Gasteiger partial charge in [0, 0.05) is 5.56 Å². The minimum atomic E-state index is -0.552. The van der Waals surface area contributed by atoms with Gasteiger partial charge in [-0.05, 0) is 35.4 Å². The summed E-state index contributed by atoms with van der Waals surface area (Å²) >= 11 is 0. The van der Waals surface area contributed by atoms with Crippen LogP contribution in [0.2, 0.25) is 0 Å². The van der Waals surface area contributed by atoms with Crippen LogP contribution in [0, 0.1) is 0 Å². The molecule has 0 aliphatic carbocycles. The molecule has 5 heteroatoms. The van der Waals surface area contributed by atoms with Crippen LogP contribution in [0.4, 0.5) is 0 Å². The molecule has 0 aliphatic heterocycles. The first-order valence-corrected chi connectivity index (χ1v) is 7.46. The molecule has 0 spiro atoms. The third-order valence-electron chi connectivity index (χ3n) is 3.40. The lowest BCUT2D eigenvalue weighted by Gasteiger charge is -2.06. The van der Waals surface area contributed by atoms with Crippen molar-refractivity contribution in [1.29, 1.82) is 0 Å². The molecule has 5 nitrogen and oxygen atoms in total. The highest BCUT2D eigenvalue weighted by Gasteiger charge is 2.09. The summed E-state index contributed by atoms with van der Waals surface area (Å²) in [6.07, 6.45) is 6.44. The molecule has 0 fully saturated rings. The monoisotopic (exact) mass is 334 g/mol. The predicted octanol–water partition coefficient (Wildman–Crippen LogP) is 3.62. The first-order chi connectivity index (χ1) is 12.1. The molecular formula is C20H18N2O3. The largest absolute Gasteiger partial charge is 0.507 e. The zero-order valence-electron chi connectivity index (χ0n) is 13.5. The Kier molecular flexibility index (Phi) is 5.90. The van der Waals surface area contributed by atoms with Crippen LogP contribution in [0.5, 0.6) is 11.5 Å². The maximum Gasteiger partial charge on any atom is 0.275 e. The summed E-state index contributed by atoms with van der Waals surface area (Å²) < 4.78 is 0. The SMILES string of the molecule is C=C/C=C(\C=C)c1ccc(O)c(/C=N/NC(=O)c2ccccc2O)c1. The van der Waals surface area contributed by atoms with Gasteiger partial charge in [0.25, 0.3) is 5.91 Å². The molecule has 0 bridgehead atoms. The van der Waals surface area contributed by atoms with Crippen molar-refractivity contribution < 1.29 is 15.0 Å². The number of aromatic hydroxyl groups is 2. The number of carbonyl (C=O) groups excluding carboxylic acids is 1. The molecule has 1 amide bonds. The van der Waals surface area contributed by atoms with E-state index in [2.05, 4.69) is 23.7 Å². The third-order valence-corrected chi connectivity index (χ3v) is 3.40. The number of nitrogens with zero attached hydrogens (tertiary/aromatic N) is 1. The van der Waals surface area contributed by atoms with Crippen molar-refractivity contribution in [2.45, 2.75) is 0 Å². The average Bonchev–Trinajstić information content (AvgIpc) is 2.61. The minimum absolute atomic E-state index is 0.0197. The number of para-hydroxylation sites is 1. The molecule has 0 aromatic heterocycles. The number of rotatable bonds is 6. The van der Waals surface area contributed by atoms with Crippen molar-refractivity contribution in [3.8, 4) is 11.5 Å². The van der Waals surface area contributed by atoms with E-state index in [1.807, 2.05) is 0 Å². The van der Waals surface area contributed by atoms with Crippen LogP contribution < -0.4 is 5.43 Å². The molecule has 126 valence electrons. The number of allylic oxidation sites excluding steroid dienone is 4. The molecular weight excluding hydrogens is 316 g/mol. The molecule has 0 atom stereocenters. The summed E-state index contributed by atoms with van der Waals surface area (Å²) in [4.78, 5) is 12.0. The van der Waals surface area contributed by atoms with E-state index in [9.17, 15) is 15.0 Å². The van der Waals surface area contributed by atoms with Crippen molar-refractivity contribution in [3.05, 3.63) is 90.5 Å². The Bertz CT molecular complexity index is 867. The van der Waals surface area contributed by atoms with Gasteiger partial charge < -0.3 is 10.2 Å². The van der Waals surface area contributed by atoms with Gasteiger partial charge >= 0.3 is 0 Å². The zero-order chi connectivity index (χ0) is 18.2. The molecule has 0 radical (unpaired) electrons. The highest BCUT2D eigenvalue weighted by atomic mass is 16.3.